The van der Waals surface area contributed by atoms with Gasteiger partial charge in [0.1, 0.15) is 0 Å². The number of aryl methyl sites for hydroxylation is 1. The van der Waals surface area contributed by atoms with E-state index >= 15 is 0 Å². The average Bonchev–Trinajstić information content (AvgIpc) is 3.40. The molecule has 7 heteroatoms. The van der Waals surface area contributed by atoms with Crippen molar-refractivity contribution in [2.45, 2.75) is 19.6 Å². The first-order chi connectivity index (χ1) is 19.3. The molecule has 0 saturated carbocycles. The van der Waals surface area contributed by atoms with Crippen molar-refractivity contribution in [3.05, 3.63) is 113 Å². The van der Waals surface area contributed by atoms with Crippen LogP contribution in [0.25, 0.3) is 33.2 Å². The van der Waals surface area contributed by atoms with E-state index in [1.807, 2.05) is 23.2 Å². The molecule has 1 saturated heterocycles. The van der Waals surface area contributed by atoms with Gasteiger partial charge >= 0.3 is 6.18 Å². The van der Waals surface area contributed by atoms with Crippen molar-refractivity contribution in [1.29, 1.82) is 0 Å². The molecule has 1 aliphatic heterocycles. The second-order valence-corrected chi connectivity index (χ2v) is 10.8. The van der Waals surface area contributed by atoms with E-state index in [9.17, 15) is 13.2 Å². The number of nitrogens with one attached hydrogen (secondary N) is 1. The molecule has 204 valence electrons. The highest BCUT2D eigenvalue weighted by molar-refractivity contribution is 6.30. The van der Waals surface area contributed by atoms with Crippen molar-refractivity contribution < 1.29 is 13.2 Å². The molecule has 0 radical (unpaired) electrons. The molecule has 0 aliphatic carbocycles. The van der Waals surface area contributed by atoms with Crippen LogP contribution in [0.1, 0.15) is 16.7 Å². The van der Waals surface area contributed by atoms with Crippen molar-refractivity contribution >= 4 is 28.1 Å². The van der Waals surface area contributed by atoms with E-state index in [4.69, 9.17) is 11.6 Å². The Morgan fingerprint density at radius 3 is 2.33 bits per heavy atom. The largest absolute Gasteiger partial charge is 0.416 e. The summed E-state index contributed by atoms with van der Waals surface area (Å²) in [6.45, 7) is 5.81. The number of rotatable bonds is 5. The van der Waals surface area contributed by atoms with Gasteiger partial charge in [0.25, 0.3) is 0 Å². The Hall–Kier alpha value is -3.74. The number of benzene rings is 4. The molecule has 1 fully saturated rings. The van der Waals surface area contributed by atoms with Gasteiger partial charge in [0.05, 0.1) is 11.3 Å². The predicted molar refractivity (Wildman–Crippen MR) is 158 cm³/mol. The van der Waals surface area contributed by atoms with E-state index in [1.54, 1.807) is 6.07 Å². The standard InChI is InChI=1S/C33H29ClF3N3/c1-22-8-13-29-28(23-9-11-26(34)12-10-23)6-3-7-30(29)31(22)32-24(14-15-38-32)21-39-16-18-40(19-17-39)27-5-2-4-25(20-27)33(35,36)37/h2-15,20,38H,16-19,21H2,1H3. The third-order valence-corrected chi connectivity index (χ3v) is 8.07. The number of fused-ring (bicyclic) bond motifs is 1. The maximum Gasteiger partial charge on any atom is 0.416 e. The van der Waals surface area contributed by atoms with Crippen LogP contribution in [-0.4, -0.2) is 36.1 Å². The summed E-state index contributed by atoms with van der Waals surface area (Å²) in [5.41, 5.74) is 7.00. The minimum atomic E-state index is -4.34. The predicted octanol–water partition coefficient (Wildman–Crippen LogP) is 8.80. The summed E-state index contributed by atoms with van der Waals surface area (Å²) in [7, 11) is 0. The van der Waals surface area contributed by atoms with Gasteiger partial charge < -0.3 is 9.88 Å². The number of alkyl halides is 3. The van der Waals surface area contributed by atoms with E-state index < -0.39 is 11.7 Å². The molecular formula is C33H29ClF3N3. The van der Waals surface area contributed by atoms with Gasteiger partial charge in [0.2, 0.25) is 0 Å². The number of piperazine rings is 1. The number of halogens is 4. The first-order valence-electron chi connectivity index (χ1n) is 13.4. The van der Waals surface area contributed by atoms with E-state index in [0.29, 0.717) is 23.8 Å². The van der Waals surface area contributed by atoms with Crippen LogP contribution in [0.15, 0.2) is 91.1 Å². The van der Waals surface area contributed by atoms with Gasteiger partial charge in [-0.25, -0.2) is 0 Å². The minimum absolute atomic E-state index is 0.603. The quantitative estimate of drug-likeness (QED) is 0.232. The van der Waals surface area contributed by atoms with Crippen LogP contribution in [0.4, 0.5) is 18.9 Å². The van der Waals surface area contributed by atoms with E-state index in [0.717, 1.165) is 42.5 Å². The van der Waals surface area contributed by atoms with E-state index in [1.165, 1.54) is 39.6 Å². The van der Waals surface area contributed by atoms with Gasteiger partial charge in [-0.15, -0.1) is 0 Å². The smallest absolute Gasteiger partial charge is 0.369 e. The summed E-state index contributed by atoms with van der Waals surface area (Å²) in [5, 5.41) is 3.08. The van der Waals surface area contributed by atoms with Crippen LogP contribution in [0.5, 0.6) is 0 Å². The SMILES string of the molecule is Cc1ccc2c(-c3ccc(Cl)cc3)cccc2c1-c1[nH]ccc1CN1CCN(c2cccc(C(F)(F)F)c2)CC1. The fourth-order valence-electron chi connectivity index (χ4n) is 5.73. The zero-order valence-electron chi connectivity index (χ0n) is 22.1. The number of hydrogen-bond acceptors (Lipinski definition) is 2. The number of hydrogen-bond donors (Lipinski definition) is 1. The Morgan fingerprint density at radius 2 is 1.57 bits per heavy atom. The molecular weight excluding hydrogens is 531 g/mol. The van der Waals surface area contributed by atoms with Crippen LogP contribution in [0.2, 0.25) is 5.02 Å². The van der Waals surface area contributed by atoms with Crippen molar-refractivity contribution in [2.75, 3.05) is 31.1 Å². The highest BCUT2D eigenvalue weighted by Gasteiger charge is 2.31. The van der Waals surface area contributed by atoms with Crippen molar-refractivity contribution in [3.63, 3.8) is 0 Å². The zero-order valence-corrected chi connectivity index (χ0v) is 22.9. The van der Waals surface area contributed by atoms with Crippen molar-refractivity contribution in [3.8, 4) is 22.4 Å². The van der Waals surface area contributed by atoms with Gasteiger partial charge in [-0.3, -0.25) is 4.90 Å². The third-order valence-electron chi connectivity index (χ3n) is 7.81. The number of aromatic nitrogens is 1. The third kappa shape index (κ3) is 5.21. The maximum absolute atomic E-state index is 13.2. The van der Waals surface area contributed by atoms with Crippen LogP contribution in [0.3, 0.4) is 0 Å². The monoisotopic (exact) mass is 559 g/mol. The van der Waals surface area contributed by atoms with E-state index in [-0.39, 0.29) is 0 Å². The zero-order chi connectivity index (χ0) is 27.9. The lowest BCUT2D eigenvalue weighted by atomic mass is 9.91. The second-order valence-electron chi connectivity index (χ2n) is 10.4. The number of H-pyrrole nitrogens is 1. The van der Waals surface area contributed by atoms with Gasteiger partial charge in [0.15, 0.2) is 0 Å². The molecule has 40 heavy (non-hydrogen) atoms. The van der Waals surface area contributed by atoms with Crippen LogP contribution in [-0.2, 0) is 12.7 Å². The summed E-state index contributed by atoms with van der Waals surface area (Å²) in [6, 6.07) is 26.5. The Kier molecular flexibility index (Phi) is 7.07. The molecule has 0 spiro atoms. The van der Waals surface area contributed by atoms with Gasteiger partial charge in [0, 0.05) is 55.2 Å². The molecule has 1 aromatic heterocycles. The van der Waals surface area contributed by atoms with Crippen molar-refractivity contribution in [1.82, 2.24) is 9.88 Å². The van der Waals surface area contributed by atoms with E-state index in [2.05, 4.69) is 65.3 Å². The van der Waals surface area contributed by atoms with Gasteiger partial charge in [-0.05, 0) is 76.3 Å². The maximum atomic E-state index is 13.2. The highest BCUT2D eigenvalue weighted by Crippen LogP contribution is 2.38. The lowest BCUT2D eigenvalue weighted by molar-refractivity contribution is -0.137. The lowest BCUT2D eigenvalue weighted by Crippen LogP contribution is -2.46. The summed E-state index contributed by atoms with van der Waals surface area (Å²) in [6.07, 6.45) is -2.34. The number of nitrogens with zero attached hydrogens (tertiary/aromatic N) is 2. The Bertz CT molecular complexity index is 1650. The molecule has 4 aromatic carbocycles. The molecule has 6 rings (SSSR count). The van der Waals surface area contributed by atoms with Gasteiger partial charge in [-0.2, -0.15) is 13.2 Å². The van der Waals surface area contributed by atoms with Gasteiger partial charge in [-0.1, -0.05) is 60.1 Å². The molecule has 5 aromatic rings. The van der Waals surface area contributed by atoms with Crippen LogP contribution >= 0.6 is 11.6 Å². The number of anilines is 1. The molecule has 0 bridgehead atoms. The average molecular weight is 560 g/mol. The Balaban J connectivity index is 1.25. The fourth-order valence-corrected chi connectivity index (χ4v) is 5.86. The molecule has 2 heterocycles. The molecule has 1 aliphatic rings. The van der Waals surface area contributed by atoms with Crippen LogP contribution in [0, 0.1) is 6.92 Å². The summed E-state index contributed by atoms with van der Waals surface area (Å²) < 4.78 is 39.6. The summed E-state index contributed by atoms with van der Waals surface area (Å²) in [4.78, 5) is 7.92. The lowest BCUT2D eigenvalue weighted by Gasteiger charge is -2.36. The normalized spacial score (nSPS) is 14.7. The molecule has 0 atom stereocenters. The minimum Gasteiger partial charge on any atom is -0.369 e. The first-order valence-corrected chi connectivity index (χ1v) is 13.8. The number of aromatic amines is 1. The first kappa shape index (κ1) is 26.5. The van der Waals surface area contributed by atoms with Crippen LogP contribution < -0.4 is 4.90 Å². The Labute approximate surface area is 236 Å². The molecule has 3 nitrogen and oxygen atoms in total. The second kappa shape index (κ2) is 10.7. The molecule has 0 unspecified atom stereocenters. The molecule has 1 N–H and O–H groups in total. The van der Waals surface area contributed by atoms with Crippen molar-refractivity contribution in [2.24, 2.45) is 0 Å². The highest BCUT2D eigenvalue weighted by atomic mass is 35.5. The molecule has 0 amide bonds. The topological polar surface area (TPSA) is 22.3 Å². The summed E-state index contributed by atoms with van der Waals surface area (Å²) in [5.74, 6) is 0. The summed E-state index contributed by atoms with van der Waals surface area (Å²) >= 11 is 6.14. The Morgan fingerprint density at radius 1 is 0.825 bits per heavy atom. The fraction of sp³-hybridized carbons (Fsp3) is 0.212.